The zero-order valence-electron chi connectivity index (χ0n) is 16.7. The normalized spacial score (nSPS) is 11.3. The van der Waals surface area contributed by atoms with Crippen molar-refractivity contribution < 1.29 is 17.6 Å². The molecule has 162 valence electrons. The minimum absolute atomic E-state index is 0.0988. The van der Waals surface area contributed by atoms with Gasteiger partial charge in [0.2, 0.25) is 5.89 Å². The van der Waals surface area contributed by atoms with E-state index >= 15 is 0 Å². The molecule has 0 aliphatic heterocycles. The standard InChI is InChI=1S/C23H16Cl2N2O4S/c1-32(29,30)17-6-7-18(19(13-17)14-3-2-4-15(24)11-14)22(28)27-16-5-8-21(25)20(12-16)23-26-9-10-31-23/h2-13H,1H3,(H,27,28). The maximum atomic E-state index is 13.2. The lowest BCUT2D eigenvalue weighted by atomic mass is 9.99. The summed E-state index contributed by atoms with van der Waals surface area (Å²) < 4.78 is 29.5. The Labute approximate surface area is 194 Å². The number of sulfone groups is 1. The van der Waals surface area contributed by atoms with Crippen molar-refractivity contribution in [3.8, 4) is 22.6 Å². The predicted octanol–water partition coefficient (Wildman–Crippen LogP) is 5.97. The number of nitrogens with zero attached hydrogens (tertiary/aromatic N) is 1. The van der Waals surface area contributed by atoms with Gasteiger partial charge in [0, 0.05) is 22.5 Å². The number of benzene rings is 3. The lowest BCUT2D eigenvalue weighted by Crippen LogP contribution is -2.14. The molecule has 6 nitrogen and oxygen atoms in total. The average Bonchev–Trinajstić information content (AvgIpc) is 3.28. The SMILES string of the molecule is CS(=O)(=O)c1ccc(C(=O)Nc2ccc(Cl)c(-c3ncco3)c2)c(-c2cccc(Cl)c2)c1. The number of hydrogen-bond acceptors (Lipinski definition) is 5. The van der Waals surface area contributed by atoms with Crippen LogP contribution in [0.3, 0.4) is 0 Å². The molecule has 0 bridgehead atoms. The number of hydrogen-bond donors (Lipinski definition) is 1. The Morgan fingerprint density at radius 2 is 1.81 bits per heavy atom. The van der Waals surface area contributed by atoms with Gasteiger partial charge in [-0.1, -0.05) is 35.3 Å². The molecular weight excluding hydrogens is 471 g/mol. The molecule has 4 aromatic rings. The number of carbonyl (C=O) groups excluding carboxylic acids is 1. The second-order valence-electron chi connectivity index (χ2n) is 6.98. The van der Waals surface area contributed by atoms with Crippen molar-refractivity contribution in [3.63, 3.8) is 0 Å². The molecule has 0 aliphatic carbocycles. The van der Waals surface area contributed by atoms with Gasteiger partial charge in [-0.15, -0.1) is 0 Å². The predicted molar refractivity (Wildman–Crippen MR) is 125 cm³/mol. The van der Waals surface area contributed by atoms with Crippen LogP contribution in [0, 0.1) is 0 Å². The van der Waals surface area contributed by atoms with Gasteiger partial charge in [0.25, 0.3) is 5.91 Å². The van der Waals surface area contributed by atoms with Crippen LogP contribution < -0.4 is 5.32 Å². The van der Waals surface area contributed by atoms with Crippen LogP contribution in [0.5, 0.6) is 0 Å². The van der Waals surface area contributed by atoms with Crippen molar-refractivity contribution in [1.29, 1.82) is 0 Å². The minimum atomic E-state index is -3.48. The number of carbonyl (C=O) groups is 1. The molecule has 32 heavy (non-hydrogen) atoms. The monoisotopic (exact) mass is 486 g/mol. The molecule has 0 unspecified atom stereocenters. The number of anilines is 1. The molecule has 0 radical (unpaired) electrons. The fourth-order valence-corrected chi connectivity index (χ4v) is 4.20. The van der Waals surface area contributed by atoms with E-state index in [0.717, 1.165) is 6.26 Å². The number of nitrogens with one attached hydrogen (secondary N) is 1. The first kappa shape index (κ1) is 22.1. The summed E-state index contributed by atoms with van der Waals surface area (Å²) >= 11 is 12.4. The molecule has 1 N–H and O–H groups in total. The summed E-state index contributed by atoms with van der Waals surface area (Å²) in [7, 11) is -3.48. The Morgan fingerprint density at radius 1 is 1.00 bits per heavy atom. The highest BCUT2D eigenvalue weighted by Crippen LogP contribution is 2.32. The Kier molecular flexibility index (Phi) is 6.06. The van der Waals surface area contributed by atoms with Crippen LogP contribution in [0.1, 0.15) is 10.4 Å². The second kappa shape index (κ2) is 8.78. The van der Waals surface area contributed by atoms with E-state index in [1.165, 1.54) is 30.7 Å². The summed E-state index contributed by atoms with van der Waals surface area (Å²) in [6.45, 7) is 0. The van der Waals surface area contributed by atoms with Crippen LogP contribution in [-0.4, -0.2) is 25.6 Å². The van der Waals surface area contributed by atoms with Crippen molar-refractivity contribution in [1.82, 2.24) is 4.98 Å². The van der Waals surface area contributed by atoms with Crippen molar-refractivity contribution in [3.05, 3.63) is 88.7 Å². The topological polar surface area (TPSA) is 89.3 Å². The second-order valence-corrected chi connectivity index (χ2v) is 9.84. The highest BCUT2D eigenvalue weighted by molar-refractivity contribution is 7.90. The number of oxazole rings is 1. The fourth-order valence-electron chi connectivity index (χ4n) is 3.17. The number of rotatable bonds is 5. The highest BCUT2D eigenvalue weighted by atomic mass is 35.5. The Balaban J connectivity index is 1.75. The van der Waals surface area contributed by atoms with E-state index in [-0.39, 0.29) is 10.5 Å². The van der Waals surface area contributed by atoms with E-state index in [1.807, 2.05) is 0 Å². The molecule has 1 aromatic heterocycles. The minimum Gasteiger partial charge on any atom is -0.444 e. The number of aromatic nitrogens is 1. The summed E-state index contributed by atoms with van der Waals surface area (Å²) in [6, 6.07) is 16.1. The van der Waals surface area contributed by atoms with Crippen molar-refractivity contribution in [2.45, 2.75) is 4.90 Å². The van der Waals surface area contributed by atoms with Crippen LogP contribution in [0.4, 0.5) is 5.69 Å². The first-order chi connectivity index (χ1) is 15.2. The van der Waals surface area contributed by atoms with E-state index in [1.54, 1.807) is 42.5 Å². The third kappa shape index (κ3) is 4.70. The van der Waals surface area contributed by atoms with Gasteiger partial charge >= 0.3 is 0 Å². The van der Waals surface area contributed by atoms with Crippen LogP contribution in [0.15, 0.2) is 82.4 Å². The molecule has 0 saturated carbocycles. The molecule has 0 saturated heterocycles. The summed E-state index contributed by atoms with van der Waals surface area (Å²) in [6.07, 6.45) is 4.04. The molecule has 4 rings (SSSR count). The van der Waals surface area contributed by atoms with E-state index in [9.17, 15) is 13.2 Å². The largest absolute Gasteiger partial charge is 0.444 e. The summed E-state index contributed by atoms with van der Waals surface area (Å²) in [5, 5.41) is 3.71. The fraction of sp³-hybridized carbons (Fsp3) is 0.0435. The van der Waals surface area contributed by atoms with Gasteiger partial charge in [-0.2, -0.15) is 0 Å². The van der Waals surface area contributed by atoms with Gasteiger partial charge in [-0.3, -0.25) is 4.79 Å². The lowest BCUT2D eigenvalue weighted by Gasteiger charge is -2.13. The molecule has 0 aliphatic rings. The Bertz CT molecular complexity index is 1420. The zero-order chi connectivity index (χ0) is 22.9. The molecule has 0 atom stereocenters. The average molecular weight is 487 g/mol. The molecular formula is C23H16Cl2N2O4S. The van der Waals surface area contributed by atoms with Crippen LogP contribution in [0.2, 0.25) is 10.0 Å². The van der Waals surface area contributed by atoms with Gasteiger partial charge in [0.05, 0.1) is 21.7 Å². The van der Waals surface area contributed by atoms with Crippen LogP contribution >= 0.6 is 23.2 Å². The quantitative estimate of drug-likeness (QED) is 0.375. The van der Waals surface area contributed by atoms with E-state index < -0.39 is 15.7 Å². The Hall–Kier alpha value is -3.13. The van der Waals surface area contributed by atoms with Crippen LogP contribution in [-0.2, 0) is 9.84 Å². The summed E-state index contributed by atoms with van der Waals surface area (Å²) in [5.74, 6) is -0.107. The summed E-state index contributed by atoms with van der Waals surface area (Å²) in [4.78, 5) is 17.4. The number of halogens is 2. The first-order valence-electron chi connectivity index (χ1n) is 9.33. The molecule has 0 fully saturated rings. The van der Waals surface area contributed by atoms with Gasteiger partial charge in [-0.05, 0) is 59.7 Å². The molecule has 1 amide bonds. The van der Waals surface area contributed by atoms with Gasteiger partial charge in [0.1, 0.15) is 6.26 Å². The molecule has 1 heterocycles. The first-order valence-corrected chi connectivity index (χ1v) is 12.0. The highest BCUT2D eigenvalue weighted by Gasteiger charge is 2.18. The van der Waals surface area contributed by atoms with Gasteiger partial charge in [-0.25, -0.2) is 13.4 Å². The molecule has 9 heteroatoms. The van der Waals surface area contributed by atoms with E-state index in [0.29, 0.717) is 38.3 Å². The maximum absolute atomic E-state index is 13.2. The molecule has 3 aromatic carbocycles. The third-order valence-corrected chi connectivity index (χ3v) is 6.36. The van der Waals surface area contributed by atoms with Gasteiger partial charge in [0.15, 0.2) is 9.84 Å². The zero-order valence-corrected chi connectivity index (χ0v) is 19.0. The lowest BCUT2D eigenvalue weighted by molar-refractivity contribution is 0.102. The van der Waals surface area contributed by atoms with Crippen molar-refractivity contribution in [2.75, 3.05) is 11.6 Å². The number of amides is 1. The Morgan fingerprint density at radius 3 is 2.50 bits per heavy atom. The smallest absolute Gasteiger partial charge is 0.256 e. The summed E-state index contributed by atoms with van der Waals surface area (Å²) in [5.41, 5.74) is 2.33. The molecule has 0 spiro atoms. The van der Waals surface area contributed by atoms with E-state index in [4.69, 9.17) is 27.6 Å². The van der Waals surface area contributed by atoms with Crippen molar-refractivity contribution in [2.24, 2.45) is 0 Å². The van der Waals surface area contributed by atoms with Crippen LogP contribution in [0.25, 0.3) is 22.6 Å². The van der Waals surface area contributed by atoms with Gasteiger partial charge < -0.3 is 9.73 Å². The maximum Gasteiger partial charge on any atom is 0.256 e. The van der Waals surface area contributed by atoms with E-state index in [2.05, 4.69) is 10.3 Å². The van der Waals surface area contributed by atoms with Crippen molar-refractivity contribution >= 4 is 44.6 Å². The third-order valence-electron chi connectivity index (χ3n) is 4.69.